The summed E-state index contributed by atoms with van der Waals surface area (Å²) in [5.41, 5.74) is 4.60. The number of amides is 1. The minimum Gasteiger partial charge on any atom is -0.484 e. The Hall–Kier alpha value is -2.38. The number of carbonyl (C=O) groups is 1. The van der Waals surface area contributed by atoms with E-state index >= 15 is 0 Å². The molecule has 1 N–H and O–H groups in total. The molecule has 1 heterocycles. The molecule has 2 aromatic carbocycles. The molecule has 1 amide bonds. The largest absolute Gasteiger partial charge is 0.484 e. The molecule has 0 spiro atoms. The molecular formula is C19H14Br2N2O3. The van der Waals surface area contributed by atoms with Crippen molar-refractivity contribution in [3.05, 3.63) is 75.6 Å². The van der Waals surface area contributed by atoms with E-state index in [1.54, 1.807) is 6.07 Å². The van der Waals surface area contributed by atoms with Crippen LogP contribution in [0.25, 0.3) is 11.1 Å². The topological polar surface area (TPSA) is 63.8 Å². The molecule has 26 heavy (non-hydrogen) atoms. The van der Waals surface area contributed by atoms with Gasteiger partial charge in [0, 0.05) is 6.07 Å². The molecule has 7 heteroatoms. The van der Waals surface area contributed by atoms with Crippen LogP contribution in [0, 0.1) is 0 Å². The molecule has 5 nitrogen and oxygen atoms in total. The monoisotopic (exact) mass is 476 g/mol. The van der Waals surface area contributed by atoms with E-state index in [0.717, 1.165) is 15.6 Å². The smallest absolute Gasteiger partial charge is 0.277 e. The predicted molar refractivity (Wildman–Crippen MR) is 107 cm³/mol. The second-order valence-corrected chi connectivity index (χ2v) is 6.82. The van der Waals surface area contributed by atoms with E-state index in [9.17, 15) is 4.79 Å². The zero-order valence-electron chi connectivity index (χ0n) is 13.5. The molecule has 0 fully saturated rings. The number of nitrogens with zero attached hydrogens (tertiary/aromatic N) is 1. The fraction of sp³-hybridized carbons (Fsp3) is 0.0526. The van der Waals surface area contributed by atoms with Gasteiger partial charge in [-0.05, 0) is 55.1 Å². The van der Waals surface area contributed by atoms with E-state index in [-0.39, 0.29) is 12.5 Å². The molecule has 3 aromatic rings. The highest BCUT2D eigenvalue weighted by Crippen LogP contribution is 2.25. The van der Waals surface area contributed by atoms with Crippen molar-refractivity contribution in [1.29, 1.82) is 0 Å². The van der Waals surface area contributed by atoms with Crippen LogP contribution in [0.4, 0.5) is 0 Å². The maximum atomic E-state index is 11.8. The number of hydrazone groups is 1. The number of halogens is 2. The predicted octanol–water partition coefficient (Wildman–Crippen LogP) is 5.00. The highest BCUT2D eigenvalue weighted by molar-refractivity contribution is 9.13. The molecule has 0 radical (unpaired) electrons. The van der Waals surface area contributed by atoms with Gasteiger partial charge in [-0.15, -0.1) is 0 Å². The molecule has 0 saturated carbocycles. The first-order valence-electron chi connectivity index (χ1n) is 7.67. The molecule has 3 rings (SSSR count). The van der Waals surface area contributed by atoms with Crippen molar-refractivity contribution in [2.45, 2.75) is 0 Å². The maximum absolute atomic E-state index is 11.8. The lowest BCUT2D eigenvalue weighted by Gasteiger charge is -2.06. The molecule has 0 saturated heterocycles. The van der Waals surface area contributed by atoms with Crippen LogP contribution in [0.1, 0.15) is 5.76 Å². The third-order valence-electron chi connectivity index (χ3n) is 3.38. The van der Waals surface area contributed by atoms with Crippen LogP contribution in [0.15, 0.2) is 79.3 Å². The van der Waals surface area contributed by atoms with E-state index < -0.39 is 0 Å². The highest BCUT2D eigenvalue weighted by Gasteiger charge is 2.05. The third-order valence-corrected chi connectivity index (χ3v) is 5.09. The fourth-order valence-corrected chi connectivity index (χ4v) is 2.76. The SMILES string of the molecule is O=C(COc1ccc(-c2ccccc2)cc1)N/N=C/c1cc(Br)c(Br)o1. The van der Waals surface area contributed by atoms with E-state index in [1.165, 1.54) is 6.21 Å². The molecule has 1 aromatic heterocycles. The van der Waals surface area contributed by atoms with Crippen LogP contribution in [-0.4, -0.2) is 18.7 Å². The van der Waals surface area contributed by atoms with Gasteiger partial charge in [-0.2, -0.15) is 5.10 Å². The summed E-state index contributed by atoms with van der Waals surface area (Å²) in [7, 11) is 0. The van der Waals surface area contributed by atoms with Crippen molar-refractivity contribution < 1.29 is 13.9 Å². The number of ether oxygens (including phenoxy) is 1. The second-order valence-electron chi connectivity index (χ2n) is 5.24. The average molecular weight is 478 g/mol. The highest BCUT2D eigenvalue weighted by atomic mass is 79.9. The van der Waals surface area contributed by atoms with E-state index in [1.807, 2.05) is 54.6 Å². The van der Waals surface area contributed by atoms with Crippen molar-refractivity contribution in [2.75, 3.05) is 6.61 Å². The van der Waals surface area contributed by atoms with Gasteiger partial charge in [0.15, 0.2) is 11.3 Å². The van der Waals surface area contributed by atoms with Crippen molar-refractivity contribution >= 4 is 44.0 Å². The number of benzene rings is 2. The minimum atomic E-state index is -0.363. The van der Waals surface area contributed by atoms with Crippen molar-refractivity contribution in [3.8, 4) is 16.9 Å². The van der Waals surface area contributed by atoms with E-state index in [0.29, 0.717) is 16.2 Å². The number of carbonyl (C=O) groups excluding carboxylic acids is 1. The molecule has 132 valence electrons. The number of rotatable bonds is 6. The molecular weight excluding hydrogens is 464 g/mol. The van der Waals surface area contributed by atoms with Crippen molar-refractivity contribution in [1.82, 2.24) is 5.43 Å². The van der Waals surface area contributed by atoms with Crippen LogP contribution < -0.4 is 10.2 Å². The van der Waals surface area contributed by atoms with Gasteiger partial charge in [-0.25, -0.2) is 5.43 Å². The van der Waals surface area contributed by atoms with Crippen LogP contribution in [0.5, 0.6) is 5.75 Å². The Labute approximate surface area is 167 Å². The summed E-state index contributed by atoms with van der Waals surface area (Å²) in [5.74, 6) is 0.752. The lowest BCUT2D eigenvalue weighted by atomic mass is 10.1. The standard InChI is InChI=1S/C19H14Br2N2O3/c20-17-10-16(26-19(17)21)11-22-23-18(24)12-25-15-8-6-14(7-9-15)13-4-2-1-3-5-13/h1-11H,12H2,(H,23,24)/b22-11+. The third kappa shape index (κ3) is 5.06. The molecule has 0 atom stereocenters. The fourth-order valence-electron chi connectivity index (χ4n) is 2.15. The maximum Gasteiger partial charge on any atom is 0.277 e. The van der Waals surface area contributed by atoms with E-state index in [2.05, 4.69) is 42.4 Å². The zero-order chi connectivity index (χ0) is 18.4. The second kappa shape index (κ2) is 8.82. The Morgan fingerprint density at radius 3 is 2.42 bits per heavy atom. The summed E-state index contributed by atoms with van der Waals surface area (Å²) in [6, 6.07) is 19.3. The van der Waals surface area contributed by atoms with Gasteiger partial charge in [0.25, 0.3) is 5.91 Å². The number of furan rings is 1. The van der Waals surface area contributed by atoms with Crippen LogP contribution in [0.3, 0.4) is 0 Å². The van der Waals surface area contributed by atoms with Crippen LogP contribution in [0.2, 0.25) is 0 Å². The summed E-state index contributed by atoms with van der Waals surface area (Å²) in [4.78, 5) is 11.8. The lowest BCUT2D eigenvalue weighted by molar-refractivity contribution is -0.123. The Bertz CT molecular complexity index is 887. The Morgan fingerprint density at radius 2 is 1.77 bits per heavy atom. The first-order chi connectivity index (χ1) is 12.6. The molecule has 0 aliphatic rings. The molecule has 0 bridgehead atoms. The van der Waals surface area contributed by atoms with Crippen molar-refractivity contribution in [3.63, 3.8) is 0 Å². The first kappa shape index (κ1) is 18.4. The summed E-state index contributed by atoms with van der Waals surface area (Å²) in [5, 5.41) is 3.82. The number of hydrogen-bond acceptors (Lipinski definition) is 4. The number of hydrogen-bond donors (Lipinski definition) is 1. The molecule has 0 aliphatic carbocycles. The summed E-state index contributed by atoms with van der Waals surface area (Å²) >= 11 is 6.52. The Morgan fingerprint density at radius 1 is 1.08 bits per heavy atom. The number of nitrogens with one attached hydrogen (secondary N) is 1. The van der Waals surface area contributed by atoms with Gasteiger partial charge in [-0.3, -0.25) is 4.79 Å². The average Bonchev–Trinajstić information content (AvgIpc) is 2.99. The zero-order valence-corrected chi connectivity index (χ0v) is 16.7. The van der Waals surface area contributed by atoms with Gasteiger partial charge in [0.1, 0.15) is 11.5 Å². The van der Waals surface area contributed by atoms with Crippen LogP contribution >= 0.6 is 31.9 Å². The summed E-state index contributed by atoms with van der Waals surface area (Å²) in [6.07, 6.45) is 1.40. The van der Waals surface area contributed by atoms with E-state index in [4.69, 9.17) is 9.15 Å². The van der Waals surface area contributed by atoms with Crippen LogP contribution in [-0.2, 0) is 4.79 Å². The van der Waals surface area contributed by atoms with Crippen molar-refractivity contribution in [2.24, 2.45) is 5.10 Å². The minimum absolute atomic E-state index is 0.131. The van der Waals surface area contributed by atoms with Gasteiger partial charge < -0.3 is 9.15 Å². The summed E-state index contributed by atoms with van der Waals surface area (Å²) in [6.45, 7) is -0.131. The van der Waals surface area contributed by atoms with Gasteiger partial charge in [0.05, 0.1) is 10.7 Å². The Balaban J connectivity index is 1.48. The summed E-state index contributed by atoms with van der Waals surface area (Å²) < 4.78 is 12.1. The lowest BCUT2D eigenvalue weighted by Crippen LogP contribution is -2.24. The normalized spacial score (nSPS) is 10.8. The molecule has 0 aliphatic heterocycles. The first-order valence-corrected chi connectivity index (χ1v) is 9.25. The van der Waals surface area contributed by atoms with Gasteiger partial charge in [0.2, 0.25) is 0 Å². The Kier molecular flexibility index (Phi) is 6.25. The quantitative estimate of drug-likeness (QED) is 0.401. The van der Waals surface area contributed by atoms with Gasteiger partial charge in [-0.1, -0.05) is 42.5 Å². The molecule has 0 unspecified atom stereocenters. The van der Waals surface area contributed by atoms with Gasteiger partial charge >= 0.3 is 0 Å².